The molecule has 0 atom stereocenters. The van der Waals surface area contributed by atoms with Crippen LogP contribution in [0.25, 0.3) is 0 Å². The molecule has 5 N–H and O–H groups in total. The molecule has 0 radical (unpaired) electrons. The van der Waals surface area contributed by atoms with Gasteiger partial charge in [0.1, 0.15) is 0 Å². The van der Waals surface area contributed by atoms with E-state index in [-0.39, 0.29) is 10.4 Å². The van der Waals surface area contributed by atoms with Crippen LogP contribution < -0.4 is 16.2 Å². The molecule has 0 spiro atoms. The Labute approximate surface area is 108 Å². The zero-order chi connectivity index (χ0) is 13.4. The second-order valence-corrected chi connectivity index (χ2v) is 6.75. The molecule has 1 aromatic carbocycles. The molecule has 1 aromatic rings. The van der Waals surface area contributed by atoms with Gasteiger partial charge in [0.25, 0.3) is 0 Å². The molecule has 0 unspecified atom stereocenters. The Kier molecular flexibility index (Phi) is 3.25. The van der Waals surface area contributed by atoms with Crippen molar-refractivity contribution in [1.82, 2.24) is 0 Å². The van der Waals surface area contributed by atoms with E-state index in [1.807, 2.05) is 0 Å². The van der Waals surface area contributed by atoms with Gasteiger partial charge in [0.15, 0.2) is 0 Å². The molecule has 1 aliphatic carbocycles. The predicted octanol–water partition coefficient (Wildman–Crippen LogP) is 1.66. The highest BCUT2D eigenvalue weighted by atomic mass is 32.2. The molecule has 6 heteroatoms. The third kappa shape index (κ3) is 2.76. The van der Waals surface area contributed by atoms with Crippen LogP contribution in [0.5, 0.6) is 0 Å². The van der Waals surface area contributed by atoms with Crippen molar-refractivity contribution >= 4 is 21.4 Å². The van der Waals surface area contributed by atoms with Crippen LogP contribution >= 0.6 is 0 Å². The Morgan fingerprint density at radius 3 is 2.39 bits per heavy atom. The van der Waals surface area contributed by atoms with Crippen LogP contribution in [-0.2, 0) is 10.0 Å². The topological polar surface area (TPSA) is 98.2 Å². The van der Waals surface area contributed by atoms with Gasteiger partial charge in [-0.15, -0.1) is 0 Å². The van der Waals surface area contributed by atoms with Gasteiger partial charge in [-0.1, -0.05) is 12.8 Å². The highest BCUT2D eigenvalue weighted by molar-refractivity contribution is 7.89. The van der Waals surface area contributed by atoms with Crippen molar-refractivity contribution in [1.29, 1.82) is 0 Å². The number of benzene rings is 1. The van der Waals surface area contributed by atoms with Crippen molar-refractivity contribution in [3.63, 3.8) is 0 Å². The van der Waals surface area contributed by atoms with E-state index in [0.29, 0.717) is 5.69 Å². The molecular formula is C12H19N3O2S. The third-order valence-corrected chi connectivity index (χ3v) is 4.41. The summed E-state index contributed by atoms with van der Waals surface area (Å²) in [6, 6.07) is 4.56. The summed E-state index contributed by atoms with van der Waals surface area (Å²) in [5.41, 5.74) is 7.11. The van der Waals surface area contributed by atoms with Crippen LogP contribution in [0.15, 0.2) is 23.1 Å². The molecule has 5 nitrogen and oxygen atoms in total. The maximum atomic E-state index is 11.2. The summed E-state index contributed by atoms with van der Waals surface area (Å²) in [7, 11) is -3.69. The van der Waals surface area contributed by atoms with Crippen LogP contribution in [0, 0.1) is 0 Å². The van der Waals surface area contributed by atoms with Crippen LogP contribution in [0.4, 0.5) is 11.4 Å². The molecule has 0 heterocycles. The van der Waals surface area contributed by atoms with Crippen molar-refractivity contribution in [3.8, 4) is 0 Å². The zero-order valence-electron chi connectivity index (χ0n) is 10.4. The summed E-state index contributed by atoms with van der Waals surface area (Å²) in [6.07, 6.45) is 4.62. The monoisotopic (exact) mass is 269 g/mol. The maximum Gasteiger partial charge on any atom is 0.238 e. The molecule has 2 rings (SSSR count). The Bertz CT molecular complexity index is 548. The second kappa shape index (κ2) is 4.44. The number of nitrogens with two attached hydrogens (primary N) is 2. The van der Waals surface area contributed by atoms with Gasteiger partial charge < -0.3 is 11.1 Å². The number of anilines is 2. The molecule has 1 saturated carbocycles. The lowest BCUT2D eigenvalue weighted by Crippen LogP contribution is -2.31. The lowest BCUT2D eigenvalue weighted by Gasteiger charge is -2.27. The van der Waals surface area contributed by atoms with Crippen LogP contribution in [0.3, 0.4) is 0 Å². The van der Waals surface area contributed by atoms with E-state index in [0.717, 1.165) is 18.5 Å². The number of hydrogen-bond donors (Lipinski definition) is 3. The second-order valence-electron chi connectivity index (χ2n) is 5.19. The molecule has 1 aliphatic rings. The summed E-state index contributed by atoms with van der Waals surface area (Å²) >= 11 is 0. The van der Waals surface area contributed by atoms with Gasteiger partial charge >= 0.3 is 0 Å². The number of hydrogen-bond acceptors (Lipinski definition) is 4. The van der Waals surface area contributed by atoms with Crippen molar-refractivity contribution in [2.24, 2.45) is 5.14 Å². The first-order valence-corrected chi connectivity index (χ1v) is 7.55. The van der Waals surface area contributed by atoms with Gasteiger partial charge in [0.2, 0.25) is 10.0 Å². The van der Waals surface area contributed by atoms with E-state index < -0.39 is 10.0 Å². The average molecular weight is 269 g/mol. The van der Waals surface area contributed by atoms with Gasteiger partial charge in [-0.3, -0.25) is 0 Å². The quantitative estimate of drug-likeness (QED) is 0.727. The molecule has 0 aliphatic heterocycles. The standard InChI is InChI=1S/C12H19N3O2S/c1-12(6-2-3-7-12)15-11-5-4-9(8-10(11)13)18(14,16)17/h4-5,8,15H,2-3,6-7,13H2,1H3,(H2,14,16,17). The van der Waals surface area contributed by atoms with E-state index >= 15 is 0 Å². The summed E-state index contributed by atoms with van der Waals surface area (Å²) in [5, 5.41) is 8.47. The Balaban J connectivity index is 2.25. The van der Waals surface area contributed by atoms with Crippen LogP contribution in [0.2, 0.25) is 0 Å². The number of nitrogens with one attached hydrogen (secondary N) is 1. The molecule has 0 amide bonds. The third-order valence-electron chi connectivity index (χ3n) is 3.50. The fourth-order valence-electron chi connectivity index (χ4n) is 2.44. The number of primary sulfonamides is 1. The fraction of sp³-hybridized carbons (Fsp3) is 0.500. The van der Waals surface area contributed by atoms with Crippen LogP contribution in [-0.4, -0.2) is 14.0 Å². The van der Waals surface area contributed by atoms with Gasteiger partial charge in [0.05, 0.1) is 16.3 Å². The molecule has 0 aromatic heterocycles. The lowest BCUT2D eigenvalue weighted by atomic mass is 10.00. The SMILES string of the molecule is CC1(Nc2ccc(S(N)(=O)=O)cc2N)CCCC1. The molecule has 100 valence electrons. The maximum absolute atomic E-state index is 11.2. The molecule has 1 fully saturated rings. The van der Waals surface area contributed by atoms with Gasteiger partial charge in [-0.05, 0) is 38.0 Å². The first kappa shape index (κ1) is 13.2. The minimum absolute atomic E-state index is 0.0436. The summed E-state index contributed by atoms with van der Waals surface area (Å²) in [5.74, 6) is 0. The first-order chi connectivity index (χ1) is 8.30. The molecule has 18 heavy (non-hydrogen) atoms. The smallest absolute Gasteiger partial charge is 0.238 e. The van der Waals surface area contributed by atoms with Gasteiger partial charge in [-0.25, -0.2) is 13.6 Å². The summed E-state index contributed by atoms with van der Waals surface area (Å²) in [6.45, 7) is 2.16. The molecule has 0 bridgehead atoms. The Morgan fingerprint density at radius 1 is 1.28 bits per heavy atom. The Morgan fingerprint density at radius 2 is 1.89 bits per heavy atom. The molecular weight excluding hydrogens is 250 g/mol. The van der Waals surface area contributed by atoms with E-state index in [1.54, 1.807) is 6.07 Å². The van der Waals surface area contributed by atoms with Gasteiger partial charge in [0, 0.05) is 5.54 Å². The van der Waals surface area contributed by atoms with Crippen molar-refractivity contribution < 1.29 is 8.42 Å². The molecule has 0 saturated heterocycles. The predicted molar refractivity (Wildman–Crippen MR) is 72.7 cm³/mol. The highest BCUT2D eigenvalue weighted by Gasteiger charge is 2.28. The minimum Gasteiger partial charge on any atom is -0.397 e. The average Bonchev–Trinajstić information content (AvgIpc) is 2.67. The van der Waals surface area contributed by atoms with E-state index in [9.17, 15) is 8.42 Å². The normalized spacial score (nSPS) is 18.8. The number of rotatable bonds is 3. The summed E-state index contributed by atoms with van der Waals surface area (Å²) in [4.78, 5) is 0.0436. The highest BCUT2D eigenvalue weighted by Crippen LogP contribution is 2.34. The lowest BCUT2D eigenvalue weighted by molar-refractivity contribution is 0.533. The van der Waals surface area contributed by atoms with Crippen LogP contribution in [0.1, 0.15) is 32.6 Å². The van der Waals surface area contributed by atoms with Crippen molar-refractivity contribution in [3.05, 3.63) is 18.2 Å². The van der Waals surface area contributed by atoms with E-state index in [4.69, 9.17) is 10.9 Å². The minimum atomic E-state index is -3.69. The summed E-state index contributed by atoms with van der Waals surface area (Å²) < 4.78 is 22.4. The number of nitrogen functional groups attached to an aromatic ring is 1. The van der Waals surface area contributed by atoms with E-state index in [2.05, 4.69) is 12.2 Å². The largest absolute Gasteiger partial charge is 0.397 e. The Hall–Kier alpha value is -1.27. The van der Waals surface area contributed by atoms with Crippen molar-refractivity contribution in [2.75, 3.05) is 11.1 Å². The first-order valence-electron chi connectivity index (χ1n) is 6.01. The van der Waals surface area contributed by atoms with Gasteiger partial charge in [-0.2, -0.15) is 0 Å². The van der Waals surface area contributed by atoms with Crippen molar-refractivity contribution in [2.45, 2.75) is 43.0 Å². The zero-order valence-corrected chi connectivity index (χ0v) is 11.3. The number of sulfonamides is 1. The van der Waals surface area contributed by atoms with E-state index in [1.165, 1.54) is 25.0 Å². The fourth-order valence-corrected chi connectivity index (χ4v) is 2.99.